The number of nitrogens with zero attached hydrogens (tertiary/aromatic N) is 7. The van der Waals surface area contributed by atoms with Crippen LogP contribution < -0.4 is 0 Å². The summed E-state index contributed by atoms with van der Waals surface area (Å²) in [5, 5.41) is 22.4. The normalized spacial score (nSPS) is 12.0. The van der Waals surface area contributed by atoms with E-state index in [2.05, 4.69) is 39.5 Å². The molecule has 0 atom stereocenters. The van der Waals surface area contributed by atoms with E-state index in [1.807, 2.05) is 33.5 Å². The molecule has 0 aliphatic rings. The lowest BCUT2D eigenvalue weighted by Gasteiger charge is -2.00. The Hall–Kier alpha value is -2.35. The van der Waals surface area contributed by atoms with Gasteiger partial charge in [0.2, 0.25) is 4.96 Å². The Kier molecular flexibility index (Phi) is 3.11. The van der Waals surface area contributed by atoms with Crippen LogP contribution in [-0.4, -0.2) is 34.8 Å². The molecule has 0 aliphatic carbocycles. The predicted molar refractivity (Wildman–Crippen MR) is 83.8 cm³/mol. The van der Waals surface area contributed by atoms with Gasteiger partial charge in [0.15, 0.2) is 5.82 Å². The molecule has 0 radical (unpaired) electrons. The maximum absolute atomic E-state index is 4.63. The van der Waals surface area contributed by atoms with Crippen molar-refractivity contribution in [3.8, 4) is 0 Å². The van der Waals surface area contributed by atoms with Crippen molar-refractivity contribution < 1.29 is 0 Å². The maximum atomic E-state index is 4.63. The van der Waals surface area contributed by atoms with Gasteiger partial charge in [-0.05, 0) is 18.1 Å². The molecule has 0 spiro atoms. The highest BCUT2D eigenvalue weighted by Crippen LogP contribution is 2.18. The van der Waals surface area contributed by atoms with Gasteiger partial charge in [-0.15, -0.1) is 15.3 Å². The van der Waals surface area contributed by atoms with Gasteiger partial charge in [-0.1, -0.05) is 42.5 Å². The number of rotatable bonds is 4. The molecule has 0 saturated heterocycles. The topological polar surface area (TPSA) is 73.8 Å². The molecular formula is C14H15N7S. The van der Waals surface area contributed by atoms with Crippen LogP contribution in [0.1, 0.15) is 24.7 Å². The molecule has 4 aromatic rings. The first kappa shape index (κ1) is 13.3. The molecule has 0 N–H and O–H groups in total. The average molecular weight is 313 g/mol. The number of hydrogen-bond donors (Lipinski definition) is 0. The monoisotopic (exact) mass is 313 g/mol. The second-order valence-corrected chi connectivity index (χ2v) is 6.68. The van der Waals surface area contributed by atoms with Gasteiger partial charge in [0.1, 0.15) is 10.5 Å². The van der Waals surface area contributed by atoms with Crippen molar-refractivity contribution in [1.29, 1.82) is 0 Å². The molecule has 3 heterocycles. The minimum Gasteiger partial charge on any atom is -0.238 e. The fraction of sp³-hybridized carbons (Fsp3) is 0.357. The molecule has 3 aromatic heterocycles. The number of benzene rings is 1. The van der Waals surface area contributed by atoms with Crippen LogP contribution in [-0.2, 0) is 13.0 Å². The molecule has 8 heteroatoms. The first-order valence-corrected chi connectivity index (χ1v) is 8.00. The summed E-state index contributed by atoms with van der Waals surface area (Å²) < 4.78 is 3.71. The molecule has 0 saturated carbocycles. The van der Waals surface area contributed by atoms with E-state index in [4.69, 9.17) is 0 Å². The van der Waals surface area contributed by atoms with Crippen LogP contribution in [0.25, 0.3) is 16.0 Å². The lowest BCUT2D eigenvalue weighted by molar-refractivity contribution is 0.601. The SMILES string of the molecule is CC(C)Cc1nnc2sc(Cn3nnc4ccccc43)nn12. The number of para-hydroxylation sites is 1. The Labute approximate surface area is 130 Å². The van der Waals surface area contributed by atoms with E-state index in [1.54, 1.807) is 11.3 Å². The Morgan fingerprint density at radius 2 is 2.00 bits per heavy atom. The highest BCUT2D eigenvalue weighted by Gasteiger charge is 2.14. The van der Waals surface area contributed by atoms with E-state index in [1.165, 1.54) is 0 Å². The molecule has 0 fully saturated rings. The van der Waals surface area contributed by atoms with Crippen molar-refractivity contribution in [2.75, 3.05) is 0 Å². The van der Waals surface area contributed by atoms with E-state index in [0.717, 1.165) is 33.2 Å². The van der Waals surface area contributed by atoms with E-state index in [-0.39, 0.29) is 0 Å². The molecule has 0 bridgehead atoms. The third kappa shape index (κ3) is 2.25. The van der Waals surface area contributed by atoms with Crippen LogP contribution in [0.4, 0.5) is 0 Å². The van der Waals surface area contributed by atoms with E-state index in [9.17, 15) is 0 Å². The number of fused-ring (bicyclic) bond motifs is 2. The zero-order valence-corrected chi connectivity index (χ0v) is 13.2. The standard InChI is InChI=1S/C14H15N7S/c1-9(2)7-12-16-17-14-21(12)18-13(22-14)8-20-11-6-4-3-5-10(11)15-19-20/h3-6,9H,7-8H2,1-2H3. The first-order chi connectivity index (χ1) is 10.7. The van der Waals surface area contributed by atoms with Crippen LogP contribution in [0.15, 0.2) is 24.3 Å². The van der Waals surface area contributed by atoms with Gasteiger partial charge in [0.05, 0.1) is 12.1 Å². The third-order valence-corrected chi connectivity index (χ3v) is 4.28. The van der Waals surface area contributed by atoms with Crippen molar-refractivity contribution in [2.24, 2.45) is 5.92 Å². The van der Waals surface area contributed by atoms with Crippen LogP contribution in [0.5, 0.6) is 0 Å². The Balaban J connectivity index is 1.68. The molecule has 1 aromatic carbocycles. The fourth-order valence-electron chi connectivity index (χ4n) is 2.42. The minimum absolute atomic E-state index is 0.525. The molecule has 4 rings (SSSR count). The summed E-state index contributed by atoms with van der Waals surface area (Å²) in [5.41, 5.74) is 1.90. The van der Waals surface area contributed by atoms with Gasteiger partial charge >= 0.3 is 0 Å². The lowest BCUT2D eigenvalue weighted by atomic mass is 10.1. The number of aromatic nitrogens is 7. The average Bonchev–Trinajstić information content (AvgIpc) is 3.16. The highest BCUT2D eigenvalue weighted by atomic mass is 32.1. The zero-order valence-electron chi connectivity index (χ0n) is 12.3. The second-order valence-electron chi connectivity index (χ2n) is 5.64. The Morgan fingerprint density at radius 1 is 1.14 bits per heavy atom. The van der Waals surface area contributed by atoms with E-state index < -0.39 is 0 Å². The second kappa shape index (κ2) is 5.13. The summed E-state index contributed by atoms with van der Waals surface area (Å²) in [7, 11) is 0. The van der Waals surface area contributed by atoms with Crippen LogP contribution in [0, 0.1) is 5.92 Å². The molecule has 112 valence electrons. The Morgan fingerprint density at radius 3 is 2.86 bits per heavy atom. The third-order valence-electron chi connectivity index (χ3n) is 3.39. The van der Waals surface area contributed by atoms with Crippen molar-refractivity contribution in [3.05, 3.63) is 35.1 Å². The van der Waals surface area contributed by atoms with Crippen LogP contribution >= 0.6 is 11.3 Å². The summed E-state index contributed by atoms with van der Waals surface area (Å²) in [6.07, 6.45) is 0.872. The summed E-state index contributed by atoms with van der Waals surface area (Å²) in [6, 6.07) is 7.92. The quantitative estimate of drug-likeness (QED) is 0.577. The van der Waals surface area contributed by atoms with Crippen LogP contribution in [0.3, 0.4) is 0 Å². The fourth-order valence-corrected chi connectivity index (χ4v) is 3.25. The molecule has 0 aliphatic heterocycles. The summed E-state index contributed by atoms with van der Waals surface area (Å²) in [6.45, 7) is 4.92. The smallest absolute Gasteiger partial charge is 0.234 e. The molecule has 22 heavy (non-hydrogen) atoms. The summed E-state index contributed by atoms with van der Waals surface area (Å²) >= 11 is 1.54. The van der Waals surface area contributed by atoms with Crippen LogP contribution in [0.2, 0.25) is 0 Å². The van der Waals surface area contributed by atoms with Gasteiger partial charge in [-0.2, -0.15) is 9.61 Å². The maximum Gasteiger partial charge on any atom is 0.234 e. The summed E-state index contributed by atoms with van der Waals surface area (Å²) in [5.74, 6) is 1.44. The highest BCUT2D eigenvalue weighted by molar-refractivity contribution is 7.16. The zero-order chi connectivity index (χ0) is 15.1. The van der Waals surface area contributed by atoms with Gasteiger partial charge in [-0.3, -0.25) is 0 Å². The minimum atomic E-state index is 0.525. The van der Waals surface area contributed by atoms with E-state index in [0.29, 0.717) is 12.5 Å². The first-order valence-electron chi connectivity index (χ1n) is 7.19. The van der Waals surface area contributed by atoms with Gasteiger partial charge in [-0.25, -0.2) is 4.68 Å². The summed E-state index contributed by atoms with van der Waals surface area (Å²) in [4.78, 5) is 0.829. The van der Waals surface area contributed by atoms with Crippen molar-refractivity contribution in [2.45, 2.75) is 26.8 Å². The van der Waals surface area contributed by atoms with Gasteiger partial charge in [0.25, 0.3) is 0 Å². The number of hydrogen-bond acceptors (Lipinski definition) is 6. The largest absolute Gasteiger partial charge is 0.238 e. The lowest BCUT2D eigenvalue weighted by Crippen LogP contribution is -2.04. The van der Waals surface area contributed by atoms with E-state index >= 15 is 0 Å². The molecule has 0 amide bonds. The molecular weight excluding hydrogens is 298 g/mol. The van der Waals surface area contributed by atoms with Crippen molar-refractivity contribution in [3.63, 3.8) is 0 Å². The van der Waals surface area contributed by atoms with Crippen molar-refractivity contribution in [1.82, 2.24) is 34.8 Å². The molecule has 7 nitrogen and oxygen atoms in total. The van der Waals surface area contributed by atoms with Gasteiger partial charge < -0.3 is 0 Å². The predicted octanol–water partition coefficient (Wildman–Crippen LogP) is 2.18. The van der Waals surface area contributed by atoms with Crippen molar-refractivity contribution >= 4 is 27.3 Å². The Bertz CT molecular complexity index is 933. The molecule has 0 unspecified atom stereocenters. The van der Waals surface area contributed by atoms with Gasteiger partial charge in [0, 0.05) is 6.42 Å².